The first-order chi connectivity index (χ1) is 10.1. The monoisotopic (exact) mass is 306 g/mol. The molecular formula is C16H19ClN2O2. The first-order valence-electron chi connectivity index (χ1n) is 7.06. The molecule has 1 heterocycles. The fourth-order valence-electron chi connectivity index (χ4n) is 2.08. The molecule has 1 aromatic carbocycles. The van der Waals surface area contributed by atoms with Crippen molar-refractivity contribution < 1.29 is 9.90 Å². The number of nitrogens with one attached hydrogen (secondary N) is 1. The predicted octanol–water partition coefficient (Wildman–Crippen LogP) is 3.03. The third kappa shape index (κ3) is 4.16. The number of aromatic nitrogens is 1. The van der Waals surface area contributed by atoms with E-state index in [2.05, 4.69) is 10.3 Å². The zero-order chi connectivity index (χ0) is 15.2. The van der Waals surface area contributed by atoms with Crippen molar-refractivity contribution in [3.05, 3.63) is 41.0 Å². The Morgan fingerprint density at radius 3 is 2.95 bits per heavy atom. The zero-order valence-corrected chi connectivity index (χ0v) is 12.7. The lowest BCUT2D eigenvalue weighted by Crippen LogP contribution is -2.25. The van der Waals surface area contributed by atoms with E-state index < -0.39 is 0 Å². The lowest BCUT2D eigenvalue weighted by atomic mass is 10.1. The number of aliphatic hydroxyl groups excluding tert-OH is 1. The SMILES string of the molecule is CC(CO)CCCNC(=O)c1cc(Cl)c2ccccc2n1. The molecule has 5 heteroatoms. The van der Waals surface area contributed by atoms with Crippen LogP contribution < -0.4 is 5.32 Å². The summed E-state index contributed by atoms with van der Waals surface area (Å²) in [7, 11) is 0. The summed E-state index contributed by atoms with van der Waals surface area (Å²) in [4.78, 5) is 16.4. The lowest BCUT2D eigenvalue weighted by molar-refractivity contribution is 0.0947. The number of nitrogens with zero attached hydrogens (tertiary/aromatic N) is 1. The standard InChI is InChI=1S/C16H19ClN2O2/c1-11(10-20)5-4-8-18-16(21)15-9-13(17)12-6-2-3-7-14(12)19-15/h2-3,6-7,9,11,20H,4-5,8,10H2,1H3,(H,18,21). The number of aliphatic hydroxyl groups is 1. The maximum Gasteiger partial charge on any atom is 0.269 e. The Morgan fingerprint density at radius 2 is 2.19 bits per heavy atom. The van der Waals surface area contributed by atoms with Crippen molar-refractivity contribution in [1.29, 1.82) is 0 Å². The highest BCUT2D eigenvalue weighted by Crippen LogP contribution is 2.22. The second-order valence-corrected chi connectivity index (χ2v) is 5.60. The van der Waals surface area contributed by atoms with Gasteiger partial charge in [-0.3, -0.25) is 4.79 Å². The van der Waals surface area contributed by atoms with Gasteiger partial charge in [0, 0.05) is 18.5 Å². The molecule has 21 heavy (non-hydrogen) atoms. The van der Waals surface area contributed by atoms with Gasteiger partial charge < -0.3 is 10.4 Å². The minimum atomic E-state index is -0.223. The van der Waals surface area contributed by atoms with E-state index in [4.69, 9.17) is 16.7 Å². The number of benzene rings is 1. The van der Waals surface area contributed by atoms with Crippen molar-refractivity contribution >= 4 is 28.4 Å². The van der Waals surface area contributed by atoms with Crippen LogP contribution in [0.2, 0.25) is 5.02 Å². The Labute approximate surface area is 129 Å². The maximum absolute atomic E-state index is 12.1. The summed E-state index contributed by atoms with van der Waals surface area (Å²) in [6.45, 7) is 2.72. The van der Waals surface area contributed by atoms with Crippen LogP contribution in [0.3, 0.4) is 0 Å². The van der Waals surface area contributed by atoms with E-state index in [1.165, 1.54) is 0 Å². The third-order valence-electron chi connectivity index (χ3n) is 3.37. The number of carbonyl (C=O) groups is 1. The molecule has 0 spiro atoms. The van der Waals surface area contributed by atoms with Crippen molar-refractivity contribution in [2.75, 3.05) is 13.2 Å². The van der Waals surface area contributed by atoms with Gasteiger partial charge in [0.15, 0.2) is 0 Å². The van der Waals surface area contributed by atoms with Crippen LogP contribution in [0, 0.1) is 5.92 Å². The molecule has 2 aromatic rings. The quantitative estimate of drug-likeness (QED) is 0.806. The molecule has 0 saturated heterocycles. The van der Waals surface area contributed by atoms with Crippen LogP contribution in [0.25, 0.3) is 10.9 Å². The second-order valence-electron chi connectivity index (χ2n) is 5.19. The molecule has 1 atom stereocenters. The first-order valence-corrected chi connectivity index (χ1v) is 7.44. The minimum Gasteiger partial charge on any atom is -0.396 e. The number of carbonyl (C=O) groups excluding carboxylic acids is 1. The molecule has 0 bridgehead atoms. The van der Waals surface area contributed by atoms with Gasteiger partial charge in [-0.25, -0.2) is 4.98 Å². The molecule has 0 aliphatic carbocycles. The Kier molecular flexibility index (Phi) is 5.53. The summed E-state index contributed by atoms with van der Waals surface area (Å²) in [5.74, 6) is 0.0365. The highest BCUT2D eigenvalue weighted by atomic mass is 35.5. The van der Waals surface area contributed by atoms with Crippen molar-refractivity contribution in [1.82, 2.24) is 10.3 Å². The van der Waals surface area contributed by atoms with E-state index >= 15 is 0 Å². The van der Waals surface area contributed by atoms with Gasteiger partial charge in [-0.05, 0) is 30.9 Å². The van der Waals surface area contributed by atoms with E-state index in [1.807, 2.05) is 31.2 Å². The number of fused-ring (bicyclic) bond motifs is 1. The van der Waals surface area contributed by atoms with Crippen LogP contribution in [-0.4, -0.2) is 29.1 Å². The molecule has 2 N–H and O–H groups in total. The summed E-state index contributed by atoms with van der Waals surface area (Å²) in [6.07, 6.45) is 1.71. The van der Waals surface area contributed by atoms with Gasteiger partial charge in [-0.1, -0.05) is 36.7 Å². The van der Waals surface area contributed by atoms with Gasteiger partial charge in [0.2, 0.25) is 0 Å². The fraction of sp³-hybridized carbons (Fsp3) is 0.375. The molecule has 1 unspecified atom stereocenters. The Bertz CT molecular complexity index is 631. The minimum absolute atomic E-state index is 0.176. The summed E-state index contributed by atoms with van der Waals surface area (Å²) < 4.78 is 0. The molecule has 0 saturated carbocycles. The number of para-hydroxylation sites is 1. The maximum atomic E-state index is 12.1. The van der Waals surface area contributed by atoms with E-state index in [-0.39, 0.29) is 18.4 Å². The summed E-state index contributed by atoms with van der Waals surface area (Å²) in [5.41, 5.74) is 1.04. The number of hydrogen-bond acceptors (Lipinski definition) is 3. The molecule has 4 nitrogen and oxygen atoms in total. The van der Waals surface area contributed by atoms with Crippen molar-refractivity contribution in [3.63, 3.8) is 0 Å². The summed E-state index contributed by atoms with van der Waals surface area (Å²) >= 11 is 6.18. The Balaban J connectivity index is 1.99. The van der Waals surface area contributed by atoms with E-state index in [1.54, 1.807) is 6.07 Å². The predicted molar refractivity (Wildman–Crippen MR) is 84.6 cm³/mol. The average Bonchev–Trinajstić information content (AvgIpc) is 2.51. The normalized spacial score (nSPS) is 12.3. The molecule has 0 aliphatic heterocycles. The topological polar surface area (TPSA) is 62.2 Å². The van der Waals surface area contributed by atoms with Crippen molar-refractivity contribution in [2.45, 2.75) is 19.8 Å². The van der Waals surface area contributed by atoms with Crippen molar-refractivity contribution in [3.8, 4) is 0 Å². The number of pyridine rings is 1. The number of rotatable bonds is 6. The highest BCUT2D eigenvalue weighted by molar-refractivity contribution is 6.35. The van der Waals surface area contributed by atoms with Gasteiger partial charge in [-0.15, -0.1) is 0 Å². The second kappa shape index (κ2) is 7.38. The number of amides is 1. The van der Waals surface area contributed by atoms with Gasteiger partial charge >= 0.3 is 0 Å². The largest absolute Gasteiger partial charge is 0.396 e. The Hall–Kier alpha value is -1.65. The number of hydrogen-bond donors (Lipinski definition) is 2. The van der Waals surface area contributed by atoms with E-state index in [0.717, 1.165) is 18.2 Å². The van der Waals surface area contributed by atoms with Crippen LogP contribution in [0.5, 0.6) is 0 Å². The lowest BCUT2D eigenvalue weighted by Gasteiger charge is -2.09. The van der Waals surface area contributed by atoms with E-state index in [0.29, 0.717) is 22.8 Å². The van der Waals surface area contributed by atoms with Gasteiger partial charge in [0.05, 0.1) is 10.5 Å². The van der Waals surface area contributed by atoms with Crippen LogP contribution in [0.1, 0.15) is 30.3 Å². The third-order valence-corrected chi connectivity index (χ3v) is 3.68. The molecule has 2 rings (SSSR count). The molecule has 0 fully saturated rings. The van der Waals surface area contributed by atoms with Crippen molar-refractivity contribution in [2.24, 2.45) is 5.92 Å². The van der Waals surface area contributed by atoms with E-state index in [9.17, 15) is 4.79 Å². The molecule has 0 aliphatic rings. The van der Waals surface area contributed by atoms with Gasteiger partial charge in [0.25, 0.3) is 5.91 Å². The van der Waals surface area contributed by atoms with Gasteiger partial charge in [-0.2, -0.15) is 0 Å². The molecule has 112 valence electrons. The highest BCUT2D eigenvalue weighted by Gasteiger charge is 2.10. The number of halogens is 1. The van der Waals surface area contributed by atoms with Crippen LogP contribution in [-0.2, 0) is 0 Å². The molecular weight excluding hydrogens is 288 g/mol. The molecule has 1 amide bonds. The molecule has 1 aromatic heterocycles. The van der Waals surface area contributed by atoms with Crippen LogP contribution in [0.4, 0.5) is 0 Å². The van der Waals surface area contributed by atoms with Crippen LogP contribution >= 0.6 is 11.6 Å². The smallest absolute Gasteiger partial charge is 0.269 e. The first kappa shape index (κ1) is 15.7. The van der Waals surface area contributed by atoms with Gasteiger partial charge in [0.1, 0.15) is 5.69 Å². The summed E-state index contributed by atoms with van der Waals surface area (Å²) in [6, 6.07) is 9.06. The zero-order valence-electron chi connectivity index (χ0n) is 12.0. The van der Waals surface area contributed by atoms with Crippen LogP contribution in [0.15, 0.2) is 30.3 Å². The fourth-order valence-corrected chi connectivity index (χ4v) is 2.35. The molecule has 0 radical (unpaired) electrons. The summed E-state index contributed by atoms with van der Waals surface area (Å²) in [5, 5.41) is 13.1. The Morgan fingerprint density at radius 1 is 1.43 bits per heavy atom. The average molecular weight is 307 g/mol.